The topological polar surface area (TPSA) is 125 Å². The fraction of sp³-hybridized carbons (Fsp3) is 0.0526. The standard InChI is InChI=1S/C19H18NO6P/c1-3-27(23,24)10-25-16-7-4-12(8-15(16)20)19-18(22)11(2)14-6-5-13(21)9-17(14)26-19/h4-9,21-24H,1-2,10,20H2. The van der Waals surface area contributed by atoms with Crippen LogP contribution in [0, 0.1) is 0 Å². The second kappa shape index (κ2) is 6.91. The van der Waals surface area contributed by atoms with Crippen molar-refractivity contribution in [2.75, 3.05) is 12.1 Å². The van der Waals surface area contributed by atoms with E-state index in [1.165, 1.54) is 24.3 Å². The molecule has 0 aliphatic carbocycles. The second-order valence-corrected chi connectivity index (χ2v) is 7.89. The molecule has 2 aromatic carbocycles. The van der Waals surface area contributed by atoms with Crippen molar-refractivity contribution < 1.29 is 29.5 Å². The molecule has 1 aliphatic rings. The van der Waals surface area contributed by atoms with Crippen LogP contribution >= 0.6 is 7.34 Å². The third kappa shape index (κ3) is 3.72. The molecule has 0 spiro atoms. The van der Waals surface area contributed by atoms with Crippen LogP contribution in [0.2, 0.25) is 0 Å². The average molecular weight is 387 g/mol. The van der Waals surface area contributed by atoms with Crippen molar-refractivity contribution in [1.82, 2.24) is 0 Å². The van der Waals surface area contributed by atoms with Crippen LogP contribution in [-0.2, 0) is 0 Å². The van der Waals surface area contributed by atoms with Gasteiger partial charge in [-0.25, -0.2) is 0 Å². The number of nitrogens with two attached hydrogens (primary N) is 1. The van der Waals surface area contributed by atoms with Crippen molar-refractivity contribution in [2.45, 2.75) is 0 Å². The molecule has 0 saturated carbocycles. The number of hydrogen-bond donors (Lipinski definition) is 5. The van der Waals surface area contributed by atoms with Crippen molar-refractivity contribution in [2.24, 2.45) is 0 Å². The van der Waals surface area contributed by atoms with Crippen LogP contribution in [-0.4, -0.2) is 31.8 Å². The van der Waals surface area contributed by atoms with Gasteiger partial charge >= 0.3 is 0 Å². The lowest BCUT2D eigenvalue weighted by Crippen LogP contribution is -2.09. The van der Waals surface area contributed by atoms with Gasteiger partial charge < -0.3 is 35.2 Å². The van der Waals surface area contributed by atoms with Crippen LogP contribution in [0.1, 0.15) is 11.1 Å². The summed E-state index contributed by atoms with van der Waals surface area (Å²) < 4.78 is 11.0. The van der Waals surface area contributed by atoms with E-state index in [0.717, 1.165) is 0 Å². The Balaban J connectivity index is 1.93. The van der Waals surface area contributed by atoms with Crippen molar-refractivity contribution in [3.05, 3.63) is 66.4 Å². The number of fused-ring (bicyclic) bond motifs is 1. The predicted molar refractivity (Wildman–Crippen MR) is 106 cm³/mol. The van der Waals surface area contributed by atoms with E-state index in [4.69, 9.17) is 15.2 Å². The van der Waals surface area contributed by atoms with Crippen molar-refractivity contribution in [3.8, 4) is 17.2 Å². The Hall–Kier alpha value is -3.08. The lowest BCUT2D eigenvalue weighted by atomic mass is 9.98. The summed E-state index contributed by atoms with van der Waals surface area (Å²) in [6.45, 7) is 7.08. The van der Waals surface area contributed by atoms with Gasteiger partial charge in [-0.15, -0.1) is 0 Å². The van der Waals surface area contributed by atoms with Gasteiger partial charge in [-0.1, -0.05) is 18.6 Å². The number of aliphatic hydroxyl groups is 1. The number of benzene rings is 2. The third-order valence-corrected chi connectivity index (χ3v) is 4.92. The molecule has 1 heterocycles. The minimum absolute atomic E-state index is 0.0180. The summed E-state index contributed by atoms with van der Waals surface area (Å²) in [6, 6.07) is 9.10. The first-order valence-corrected chi connectivity index (χ1v) is 9.64. The van der Waals surface area contributed by atoms with Gasteiger partial charge in [0.1, 0.15) is 17.2 Å². The molecular formula is C19H18NO6P. The molecule has 6 N–H and O–H groups in total. The van der Waals surface area contributed by atoms with E-state index in [2.05, 4.69) is 18.6 Å². The molecule has 27 heavy (non-hydrogen) atoms. The maximum absolute atomic E-state index is 10.5. The van der Waals surface area contributed by atoms with Crippen molar-refractivity contribution in [3.63, 3.8) is 0 Å². The summed E-state index contributed by atoms with van der Waals surface area (Å²) in [7, 11) is -3.45. The normalized spacial score (nSPS) is 13.6. The summed E-state index contributed by atoms with van der Waals surface area (Å²) >= 11 is 0. The maximum Gasteiger partial charge on any atom is 0.199 e. The highest BCUT2D eigenvalue weighted by Crippen LogP contribution is 2.42. The summed E-state index contributed by atoms with van der Waals surface area (Å²) in [4.78, 5) is 19.1. The number of ether oxygens (including phenoxy) is 2. The van der Waals surface area contributed by atoms with Gasteiger partial charge in [-0.05, 0) is 30.3 Å². The number of aromatic hydroxyl groups is 1. The molecule has 1 aliphatic heterocycles. The smallest absolute Gasteiger partial charge is 0.199 e. The van der Waals surface area contributed by atoms with Crippen LogP contribution in [0.25, 0.3) is 11.3 Å². The molecule has 2 aromatic rings. The average Bonchev–Trinajstić information content (AvgIpc) is 2.63. The molecule has 140 valence electrons. The minimum atomic E-state index is -3.45. The molecule has 3 rings (SSSR count). The number of nitrogen functional groups attached to an aromatic ring is 1. The van der Waals surface area contributed by atoms with Gasteiger partial charge in [0.25, 0.3) is 0 Å². The molecule has 0 bridgehead atoms. The van der Waals surface area contributed by atoms with Crippen LogP contribution in [0.4, 0.5) is 5.69 Å². The first-order chi connectivity index (χ1) is 12.7. The van der Waals surface area contributed by atoms with E-state index in [1.807, 2.05) is 0 Å². The minimum Gasteiger partial charge on any atom is -0.508 e. The van der Waals surface area contributed by atoms with Gasteiger partial charge in [0.2, 0.25) is 0 Å². The maximum atomic E-state index is 10.5. The Bertz CT molecular complexity index is 1050. The highest BCUT2D eigenvalue weighted by molar-refractivity contribution is 7.63. The Morgan fingerprint density at radius 1 is 1.15 bits per heavy atom. The monoisotopic (exact) mass is 387 g/mol. The van der Waals surface area contributed by atoms with Gasteiger partial charge in [-0.3, -0.25) is 0 Å². The fourth-order valence-electron chi connectivity index (χ4n) is 2.49. The Labute approximate surface area is 155 Å². The van der Waals surface area contributed by atoms with Crippen molar-refractivity contribution in [1.29, 1.82) is 0 Å². The zero-order valence-electron chi connectivity index (χ0n) is 14.2. The van der Waals surface area contributed by atoms with Gasteiger partial charge in [0, 0.05) is 22.8 Å². The lowest BCUT2D eigenvalue weighted by molar-refractivity contribution is 0.346. The molecule has 0 radical (unpaired) electrons. The molecule has 7 nitrogen and oxygen atoms in total. The third-order valence-electron chi connectivity index (χ3n) is 3.93. The first-order valence-electron chi connectivity index (χ1n) is 7.76. The second-order valence-electron chi connectivity index (χ2n) is 5.85. The molecule has 0 unspecified atom stereocenters. The SMILES string of the molecule is C=C=P(O)(O)COc1ccc(C2=C(O)C(=C)c3ccc(O)cc3O2)cc1N. The Morgan fingerprint density at radius 2 is 1.89 bits per heavy atom. The quantitative estimate of drug-likeness (QED) is 0.403. The molecule has 8 heteroatoms. The number of anilines is 1. The molecule has 0 saturated heterocycles. The fourth-order valence-corrected chi connectivity index (χ4v) is 2.90. The van der Waals surface area contributed by atoms with Crippen LogP contribution in [0.15, 0.2) is 55.3 Å². The van der Waals surface area contributed by atoms with Crippen molar-refractivity contribution >= 4 is 29.8 Å². The largest absolute Gasteiger partial charge is 0.508 e. The number of aliphatic hydroxyl groups excluding tert-OH is 1. The number of phenols is 1. The van der Waals surface area contributed by atoms with E-state index >= 15 is 0 Å². The summed E-state index contributed by atoms with van der Waals surface area (Å²) in [5.74, 6) is 0.571. The number of allylic oxidation sites excluding steroid dienone is 1. The summed E-state index contributed by atoms with van der Waals surface area (Å²) in [6.07, 6.45) is -0.395. The molecule has 0 aromatic heterocycles. The Kier molecular flexibility index (Phi) is 4.79. The van der Waals surface area contributed by atoms with Crippen LogP contribution < -0.4 is 15.2 Å². The number of hydrogen-bond acceptors (Lipinski definition) is 7. The molecule has 0 atom stereocenters. The summed E-state index contributed by atoms with van der Waals surface area (Å²) in [5, 5.41) is 20.1. The molecule has 0 amide bonds. The number of rotatable bonds is 4. The van der Waals surface area contributed by atoms with Gasteiger partial charge in [0.05, 0.1) is 5.69 Å². The van der Waals surface area contributed by atoms with E-state index in [-0.39, 0.29) is 28.7 Å². The Morgan fingerprint density at radius 3 is 2.56 bits per heavy atom. The number of phenolic OH excluding ortho intramolecular Hbond substituents is 1. The first kappa shape index (κ1) is 18.7. The van der Waals surface area contributed by atoms with E-state index < -0.39 is 13.7 Å². The van der Waals surface area contributed by atoms with E-state index in [9.17, 15) is 20.0 Å². The van der Waals surface area contributed by atoms with E-state index in [1.54, 1.807) is 12.1 Å². The predicted octanol–water partition coefficient (Wildman–Crippen LogP) is 3.06. The van der Waals surface area contributed by atoms with Gasteiger partial charge in [-0.2, -0.15) is 0 Å². The zero-order chi connectivity index (χ0) is 19.8. The van der Waals surface area contributed by atoms with Crippen LogP contribution in [0.3, 0.4) is 0 Å². The highest BCUT2D eigenvalue weighted by atomic mass is 31.2. The molecular weight excluding hydrogens is 369 g/mol. The zero-order valence-corrected chi connectivity index (χ0v) is 15.1. The van der Waals surface area contributed by atoms with E-state index in [0.29, 0.717) is 22.4 Å². The van der Waals surface area contributed by atoms with Crippen LogP contribution in [0.5, 0.6) is 17.2 Å². The highest BCUT2D eigenvalue weighted by Gasteiger charge is 2.25. The summed E-state index contributed by atoms with van der Waals surface area (Å²) in [5.41, 5.74) is 9.67. The van der Waals surface area contributed by atoms with Gasteiger partial charge in [0.15, 0.2) is 25.2 Å². The molecule has 0 fully saturated rings. The lowest BCUT2D eigenvalue weighted by Gasteiger charge is -2.23.